The van der Waals surface area contributed by atoms with Crippen molar-refractivity contribution in [1.29, 1.82) is 0 Å². The van der Waals surface area contributed by atoms with E-state index >= 15 is 0 Å². The number of benzene rings is 1. The van der Waals surface area contributed by atoms with Crippen molar-refractivity contribution >= 4 is 21.7 Å². The van der Waals surface area contributed by atoms with Gasteiger partial charge in [0.15, 0.2) is 10.5 Å². The summed E-state index contributed by atoms with van der Waals surface area (Å²) in [5, 5.41) is 0. The van der Waals surface area contributed by atoms with Crippen molar-refractivity contribution < 1.29 is 9.21 Å². The summed E-state index contributed by atoms with van der Waals surface area (Å²) >= 11 is 3.18. The smallest absolute Gasteiger partial charge is 0.197 e. The first-order valence-corrected chi connectivity index (χ1v) is 4.91. The van der Waals surface area contributed by atoms with Gasteiger partial charge in [-0.3, -0.25) is 4.79 Å². The Labute approximate surface area is 89.7 Å². The molecule has 0 radical (unpaired) electrons. The molecule has 0 bridgehead atoms. The van der Waals surface area contributed by atoms with Crippen molar-refractivity contribution in [3.8, 4) is 0 Å². The molecule has 0 aliphatic heterocycles. The predicted octanol–water partition coefficient (Wildman–Crippen LogP) is 3.27. The molecule has 0 atom stereocenters. The van der Waals surface area contributed by atoms with Gasteiger partial charge in [-0.05, 0) is 22.0 Å². The van der Waals surface area contributed by atoms with Gasteiger partial charge in [0.05, 0.1) is 11.8 Å². The Morgan fingerprint density at radius 2 is 1.86 bits per heavy atom. The number of halogens is 1. The van der Waals surface area contributed by atoms with Crippen LogP contribution in [0, 0.1) is 0 Å². The first-order valence-electron chi connectivity index (χ1n) is 4.12. The van der Waals surface area contributed by atoms with E-state index < -0.39 is 0 Å². The van der Waals surface area contributed by atoms with Crippen LogP contribution in [0.4, 0.5) is 0 Å². The molecule has 2 aromatic rings. The lowest BCUT2D eigenvalue weighted by Crippen LogP contribution is -1.99. The summed E-state index contributed by atoms with van der Waals surface area (Å²) in [4.78, 5) is 11.8. The minimum absolute atomic E-state index is 0.0359. The Morgan fingerprint density at radius 1 is 1.14 bits per heavy atom. The Balaban J connectivity index is 2.39. The molecule has 2 nitrogen and oxygen atoms in total. The monoisotopic (exact) mass is 250 g/mol. The molecule has 3 heteroatoms. The molecule has 0 saturated heterocycles. The highest BCUT2D eigenvalue weighted by Gasteiger charge is 2.13. The SMILES string of the molecule is O=C(c1ccccc1)c1ccoc1Br. The molecular weight excluding hydrogens is 244 g/mol. The number of ketones is 1. The molecule has 0 amide bonds. The van der Waals surface area contributed by atoms with Gasteiger partial charge in [-0.2, -0.15) is 0 Å². The quantitative estimate of drug-likeness (QED) is 0.766. The van der Waals surface area contributed by atoms with Gasteiger partial charge >= 0.3 is 0 Å². The minimum atomic E-state index is -0.0359. The first-order chi connectivity index (χ1) is 6.79. The second kappa shape index (κ2) is 3.80. The lowest BCUT2D eigenvalue weighted by molar-refractivity contribution is 0.103. The van der Waals surface area contributed by atoms with Crippen LogP contribution in [0.15, 0.2) is 51.7 Å². The predicted molar refractivity (Wildman–Crippen MR) is 56.3 cm³/mol. The number of hydrogen-bond acceptors (Lipinski definition) is 2. The highest BCUT2D eigenvalue weighted by atomic mass is 79.9. The summed E-state index contributed by atoms with van der Waals surface area (Å²) in [5.74, 6) is -0.0359. The van der Waals surface area contributed by atoms with Crippen LogP contribution in [0.2, 0.25) is 0 Å². The molecule has 14 heavy (non-hydrogen) atoms. The van der Waals surface area contributed by atoms with Crippen molar-refractivity contribution in [3.63, 3.8) is 0 Å². The zero-order valence-corrected chi connectivity index (χ0v) is 8.82. The molecule has 1 aromatic heterocycles. The lowest BCUT2D eigenvalue weighted by atomic mass is 10.1. The Morgan fingerprint density at radius 3 is 2.43 bits per heavy atom. The van der Waals surface area contributed by atoms with E-state index in [1.165, 1.54) is 6.26 Å². The molecule has 0 unspecified atom stereocenters. The summed E-state index contributed by atoms with van der Waals surface area (Å²) in [7, 11) is 0. The van der Waals surface area contributed by atoms with Crippen LogP contribution in [0.5, 0.6) is 0 Å². The fraction of sp³-hybridized carbons (Fsp3) is 0. The Bertz CT molecular complexity index is 445. The third-order valence-electron chi connectivity index (χ3n) is 1.90. The van der Waals surface area contributed by atoms with Gasteiger partial charge in [0, 0.05) is 5.56 Å². The number of carbonyl (C=O) groups is 1. The maximum absolute atomic E-state index is 11.8. The molecule has 70 valence electrons. The van der Waals surface area contributed by atoms with Crippen LogP contribution in [0.1, 0.15) is 15.9 Å². The van der Waals surface area contributed by atoms with Crippen LogP contribution in [-0.2, 0) is 0 Å². The third kappa shape index (κ3) is 1.63. The van der Waals surface area contributed by atoms with Crippen LogP contribution < -0.4 is 0 Å². The van der Waals surface area contributed by atoms with Crippen molar-refractivity contribution in [3.05, 3.63) is 58.5 Å². The largest absolute Gasteiger partial charge is 0.457 e. The van der Waals surface area contributed by atoms with E-state index in [0.717, 1.165) is 0 Å². The maximum atomic E-state index is 11.8. The Hall–Kier alpha value is -1.35. The average Bonchev–Trinajstić information content (AvgIpc) is 2.65. The van der Waals surface area contributed by atoms with Gasteiger partial charge in [0.25, 0.3) is 0 Å². The van der Waals surface area contributed by atoms with Crippen molar-refractivity contribution in [2.24, 2.45) is 0 Å². The van der Waals surface area contributed by atoms with Gasteiger partial charge in [-0.1, -0.05) is 30.3 Å². The molecule has 0 fully saturated rings. The van der Waals surface area contributed by atoms with Gasteiger partial charge in [-0.25, -0.2) is 0 Å². The third-order valence-corrected chi connectivity index (χ3v) is 2.51. The molecule has 2 rings (SSSR count). The molecule has 0 saturated carbocycles. The first kappa shape index (κ1) is 9.21. The summed E-state index contributed by atoms with van der Waals surface area (Å²) in [5.41, 5.74) is 1.21. The van der Waals surface area contributed by atoms with Crippen molar-refractivity contribution in [2.75, 3.05) is 0 Å². The van der Waals surface area contributed by atoms with Crippen LogP contribution in [0.3, 0.4) is 0 Å². The van der Waals surface area contributed by atoms with Gasteiger partial charge < -0.3 is 4.42 Å². The second-order valence-electron chi connectivity index (χ2n) is 2.80. The summed E-state index contributed by atoms with van der Waals surface area (Å²) in [6.45, 7) is 0. The van der Waals surface area contributed by atoms with E-state index in [-0.39, 0.29) is 5.78 Å². The summed E-state index contributed by atoms with van der Waals surface area (Å²) in [6, 6.07) is 10.8. The van der Waals surface area contributed by atoms with Gasteiger partial charge in [-0.15, -0.1) is 0 Å². The van der Waals surface area contributed by atoms with E-state index in [0.29, 0.717) is 15.8 Å². The average molecular weight is 251 g/mol. The number of hydrogen-bond donors (Lipinski definition) is 0. The molecule has 1 aromatic carbocycles. The lowest BCUT2D eigenvalue weighted by Gasteiger charge is -1.97. The molecule has 1 heterocycles. The topological polar surface area (TPSA) is 30.2 Å². The maximum Gasteiger partial charge on any atom is 0.197 e. The van der Waals surface area contributed by atoms with Crippen LogP contribution in [0.25, 0.3) is 0 Å². The summed E-state index contributed by atoms with van der Waals surface area (Å²) in [6.07, 6.45) is 1.49. The molecule has 0 spiro atoms. The Kier molecular flexibility index (Phi) is 2.50. The van der Waals surface area contributed by atoms with E-state index in [4.69, 9.17) is 4.42 Å². The number of furan rings is 1. The molecule has 0 N–H and O–H groups in total. The van der Waals surface area contributed by atoms with Crippen molar-refractivity contribution in [2.45, 2.75) is 0 Å². The zero-order chi connectivity index (χ0) is 9.97. The van der Waals surface area contributed by atoms with Crippen LogP contribution in [-0.4, -0.2) is 5.78 Å². The standard InChI is InChI=1S/C11H7BrO2/c12-11-9(6-7-14-11)10(13)8-4-2-1-3-5-8/h1-7H. The highest BCUT2D eigenvalue weighted by Crippen LogP contribution is 2.20. The van der Waals surface area contributed by atoms with E-state index in [9.17, 15) is 4.79 Å². The van der Waals surface area contributed by atoms with Gasteiger partial charge in [0.2, 0.25) is 0 Å². The zero-order valence-electron chi connectivity index (χ0n) is 7.24. The normalized spacial score (nSPS) is 10.1. The number of carbonyl (C=O) groups excluding carboxylic acids is 1. The molecular formula is C11H7BrO2. The second-order valence-corrected chi connectivity index (χ2v) is 3.52. The van der Waals surface area contributed by atoms with E-state index in [2.05, 4.69) is 15.9 Å². The van der Waals surface area contributed by atoms with E-state index in [1.54, 1.807) is 18.2 Å². The fourth-order valence-electron chi connectivity index (χ4n) is 1.20. The molecule has 0 aliphatic carbocycles. The minimum Gasteiger partial charge on any atom is -0.457 e. The fourth-order valence-corrected chi connectivity index (χ4v) is 1.62. The van der Waals surface area contributed by atoms with Crippen molar-refractivity contribution in [1.82, 2.24) is 0 Å². The van der Waals surface area contributed by atoms with Gasteiger partial charge in [0.1, 0.15) is 0 Å². The van der Waals surface area contributed by atoms with Crippen LogP contribution >= 0.6 is 15.9 Å². The number of rotatable bonds is 2. The summed E-state index contributed by atoms with van der Waals surface area (Å²) < 4.78 is 5.48. The highest BCUT2D eigenvalue weighted by molar-refractivity contribution is 9.10. The van der Waals surface area contributed by atoms with E-state index in [1.807, 2.05) is 18.2 Å². The molecule has 0 aliphatic rings.